The highest BCUT2D eigenvalue weighted by Crippen LogP contribution is 2.26. The maximum absolute atomic E-state index is 12.4. The summed E-state index contributed by atoms with van der Waals surface area (Å²) in [7, 11) is 1.87. The van der Waals surface area contributed by atoms with Gasteiger partial charge < -0.3 is 19.7 Å². The van der Waals surface area contributed by atoms with E-state index in [1.54, 1.807) is 0 Å². The smallest absolute Gasteiger partial charge is 0.317 e. The molecule has 1 aliphatic heterocycles. The van der Waals surface area contributed by atoms with Crippen LogP contribution in [0.4, 0.5) is 4.79 Å². The van der Waals surface area contributed by atoms with Crippen LogP contribution in [0.15, 0.2) is 24.3 Å². The lowest BCUT2D eigenvalue weighted by Gasteiger charge is -2.39. The standard InChI is InChI=1S/C20H32N2O3/c1-15(2)25-18-8-6-7-16(13-18)9-11-21-19(23)22(5)17-10-12-24-20(3,4)14-17/h6-8,13,15,17H,9-12,14H2,1-5H3,(H,21,23). The molecule has 1 unspecified atom stereocenters. The van der Waals surface area contributed by atoms with Crippen LogP contribution in [-0.2, 0) is 11.2 Å². The van der Waals surface area contributed by atoms with E-state index in [1.165, 1.54) is 0 Å². The molecule has 0 saturated carbocycles. The molecule has 1 aromatic carbocycles. The van der Waals surface area contributed by atoms with Crippen LogP contribution in [-0.4, -0.2) is 48.9 Å². The van der Waals surface area contributed by atoms with Gasteiger partial charge in [-0.05, 0) is 64.7 Å². The number of nitrogens with one attached hydrogen (secondary N) is 1. The van der Waals surface area contributed by atoms with Crippen LogP contribution in [0.3, 0.4) is 0 Å². The Hall–Kier alpha value is -1.75. The van der Waals surface area contributed by atoms with Gasteiger partial charge in [0.25, 0.3) is 0 Å². The number of carbonyl (C=O) groups excluding carboxylic acids is 1. The molecule has 2 rings (SSSR count). The Bertz CT molecular complexity index is 572. The largest absolute Gasteiger partial charge is 0.491 e. The number of nitrogens with zero attached hydrogens (tertiary/aromatic N) is 1. The highest BCUT2D eigenvalue weighted by molar-refractivity contribution is 5.74. The summed E-state index contributed by atoms with van der Waals surface area (Å²) in [5.41, 5.74) is 1.00. The summed E-state index contributed by atoms with van der Waals surface area (Å²) >= 11 is 0. The molecule has 1 aliphatic rings. The van der Waals surface area contributed by atoms with Crippen molar-refractivity contribution >= 4 is 6.03 Å². The molecular weight excluding hydrogens is 316 g/mol. The van der Waals surface area contributed by atoms with Gasteiger partial charge >= 0.3 is 6.03 Å². The summed E-state index contributed by atoms with van der Waals surface area (Å²) in [4.78, 5) is 14.2. The normalized spacial score (nSPS) is 19.5. The second kappa shape index (κ2) is 8.56. The summed E-state index contributed by atoms with van der Waals surface area (Å²) < 4.78 is 11.4. The van der Waals surface area contributed by atoms with Gasteiger partial charge in [0.15, 0.2) is 0 Å². The van der Waals surface area contributed by atoms with Crippen molar-refractivity contribution in [3.05, 3.63) is 29.8 Å². The molecule has 1 heterocycles. The van der Waals surface area contributed by atoms with Crippen LogP contribution >= 0.6 is 0 Å². The van der Waals surface area contributed by atoms with E-state index in [0.29, 0.717) is 13.2 Å². The molecule has 5 heteroatoms. The van der Waals surface area contributed by atoms with E-state index < -0.39 is 0 Å². The van der Waals surface area contributed by atoms with E-state index in [9.17, 15) is 4.79 Å². The van der Waals surface area contributed by atoms with Gasteiger partial charge in [-0.25, -0.2) is 4.79 Å². The predicted octanol–water partition coefficient (Wildman–Crippen LogP) is 3.62. The Morgan fingerprint density at radius 3 is 2.88 bits per heavy atom. The third kappa shape index (κ3) is 6.24. The number of hydrogen-bond donors (Lipinski definition) is 1. The van der Waals surface area contributed by atoms with Crippen molar-refractivity contribution in [1.29, 1.82) is 0 Å². The minimum Gasteiger partial charge on any atom is -0.491 e. The van der Waals surface area contributed by atoms with Crippen molar-refractivity contribution in [2.75, 3.05) is 20.2 Å². The molecule has 1 aromatic rings. The lowest BCUT2D eigenvalue weighted by Crippen LogP contribution is -2.50. The first kappa shape index (κ1) is 19.6. The fourth-order valence-electron chi connectivity index (χ4n) is 3.18. The molecule has 0 aliphatic carbocycles. The zero-order chi connectivity index (χ0) is 18.4. The topological polar surface area (TPSA) is 50.8 Å². The Labute approximate surface area is 151 Å². The molecule has 1 fully saturated rings. The van der Waals surface area contributed by atoms with Crippen LogP contribution in [0.5, 0.6) is 5.75 Å². The van der Waals surface area contributed by atoms with Crippen molar-refractivity contribution in [3.63, 3.8) is 0 Å². The van der Waals surface area contributed by atoms with Crippen molar-refractivity contribution in [3.8, 4) is 5.75 Å². The van der Waals surface area contributed by atoms with E-state index in [0.717, 1.165) is 30.6 Å². The molecule has 25 heavy (non-hydrogen) atoms. The molecule has 0 spiro atoms. The van der Waals surface area contributed by atoms with Gasteiger partial charge in [-0.15, -0.1) is 0 Å². The maximum Gasteiger partial charge on any atom is 0.317 e. The molecule has 1 saturated heterocycles. The molecule has 1 N–H and O–H groups in total. The van der Waals surface area contributed by atoms with Gasteiger partial charge in [-0.2, -0.15) is 0 Å². The van der Waals surface area contributed by atoms with Gasteiger partial charge in [0.2, 0.25) is 0 Å². The fourth-order valence-corrected chi connectivity index (χ4v) is 3.18. The molecule has 5 nitrogen and oxygen atoms in total. The summed E-state index contributed by atoms with van der Waals surface area (Å²) in [6.07, 6.45) is 2.70. The summed E-state index contributed by atoms with van der Waals surface area (Å²) in [6, 6.07) is 8.26. The monoisotopic (exact) mass is 348 g/mol. The van der Waals surface area contributed by atoms with E-state index in [1.807, 2.05) is 44.0 Å². The molecule has 140 valence electrons. The van der Waals surface area contributed by atoms with E-state index >= 15 is 0 Å². The van der Waals surface area contributed by atoms with Gasteiger partial charge in [0, 0.05) is 26.2 Å². The number of carbonyl (C=O) groups is 1. The number of amides is 2. The third-order valence-electron chi connectivity index (χ3n) is 4.50. The average Bonchev–Trinajstić information content (AvgIpc) is 2.53. The van der Waals surface area contributed by atoms with Gasteiger partial charge in [0.1, 0.15) is 5.75 Å². The zero-order valence-corrected chi connectivity index (χ0v) is 16.2. The minimum absolute atomic E-state index is 0.0164. The molecule has 0 radical (unpaired) electrons. The highest BCUT2D eigenvalue weighted by atomic mass is 16.5. The van der Waals surface area contributed by atoms with E-state index in [2.05, 4.69) is 25.2 Å². The van der Waals surface area contributed by atoms with Crippen LogP contribution in [0.1, 0.15) is 46.1 Å². The lowest BCUT2D eigenvalue weighted by atomic mass is 9.93. The van der Waals surface area contributed by atoms with Crippen molar-refractivity contribution in [2.45, 2.75) is 64.7 Å². The average molecular weight is 348 g/mol. The van der Waals surface area contributed by atoms with E-state index in [4.69, 9.17) is 9.47 Å². The Kier molecular flexibility index (Phi) is 6.71. The minimum atomic E-state index is -0.158. The number of hydrogen-bond acceptors (Lipinski definition) is 3. The molecule has 1 atom stereocenters. The Morgan fingerprint density at radius 1 is 1.44 bits per heavy atom. The lowest BCUT2D eigenvalue weighted by molar-refractivity contribution is -0.0744. The van der Waals surface area contributed by atoms with Crippen molar-refractivity contribution in [2.24, 2.45) is 0 Å². The number of rotatable bonds is 6. The summed E-state index contributed by atoms with van der Waals surface area (Å²) in [5.74, 6) is 0.875. The van der Waals surface area contributed by atoms with Crippen molar-refractivity contribution in [1.82, 2.24) is 10.2 Å². The Balaban J connectivity index is 1.80. The van der Waals surface area contributed by atoms with Gasteiger partial charge in [-0.1, -0.05) is 12.1 Å². The first-order chi connectivity index (χ1) is 11.8. The Morgan fingerprint density at radius 2 is 2.20 bits per heavy atom. The van der Waals surface area contributed by atoms with Crippen LogP contribution in [0.2, 0.25) is 0 Å². The maximum atomic E-state index is 12.4. The first-order valence-electron chi connectivity index (χ1n) is 9.17. The third-order valence-corrected chi connectivity index (χ3v) is 4.50. The fraction of sp³-hybridized carbons (Fsp3) is 0.650. The number of urea groups is 1. The van der Waals surface area contributed by atoms with Crippen LogP contribution in [0, 0.1) is 0 Å². The highest BCUT2D eigenvalue weighted by Gasteiger charge is 2.32. The van der Waals surface area contributed by atoms with Gasteiger partial charge in [0.05, 0.1) is 11.7 Å². The molecule has 2 amide bonds. The first-order valence-corrected chi connectivity index (χ1v) is 9.17. The molecule has 0 aromatic heterocycles. The zero-order valence-electron chi connectivity index (χ0n) is 16.2. The predicted molar refractivity (Wildman–Crippen MR) is 100 cm³/mol. The van der Waals surface area contributed by atoms with Crippen LogP contribution < -0.4 is 10.1 Å². The van der Waals surface area contributed by atoms with E-state index in [-0.39, 0.29) is 23.8 Å². The number of benzene rings is 1. The SMILES string of the molecule is CC(C)Oc1cccc(CCNC(=O)N(C)C2CCOC(C)(C)C2)c1. The van der Waals surface area contributed by atoms with Crippen molar-refractivity contribution < 1.29 is 14.3 Å². The quantitative estimate of drug-likeness (QED) is 0.854. The number of ether oxygens (including phenoxy) is 2. The summed E-state index contributed by atoms with van der Waals surface area (Å²) in [5, 5.41) is 3.02. The van der Waals surface area contributed by atoms with Gasteiger partial charge in [-0.3, -0.25) is 0 Å². The second-order valence-corrected chi connectivity index (χ2v) is 7.66. The molecular formula is C20H32N2O3. The van der Waals surface area contributed by atoms with Crippen LogP contribution in [0.25, 0.3) is 0 Å². The summed E-state index contributed by atoms with van der Waals surface area (Å²) in [6.45, 7) is 9.51. The molecule has 0 bridgehead atoms. The second-order valence-electron chi connectivity index (χ2n) is 7.66.